The van der Waals surface area contributed by atoms with Gasteiger partial charge in [0.05, 0.1) is 25.8 Å². The number of aromatic nitrogens is 2. The highest BCUT2D eigenvalue weighted by molar-refractivity contribution is 5.69. The van der Waals surface area contributed by atoms with Crippen LogP contribution < -0.4 is 15.0 Å². The number of pyridine rings is 1. The van der Waals surface area contributed by atoms with Crippen LogP contribution in [-0.4, -0.2) is 29.1 Å². The number of hydrogen-bond donors (Lipinski definition) is 0. The van der Waals surface area contributed by atoms with Crippen molar-refractivity contribution in [3.8, 4) is 11.5 Å². The lowest BCUT2D eigenvalue weighted by Gasteiger charge is -2.10. The molecule has 0 amide bonds. The molecule has 0 saturated heterocycles. The van der Waals surface area contributed by atoms with E-state index in [2.05, 4.69) is 4.98 Å². The lowest BCUT2D eigenvalue weighted by atomic mass is 10.3. The maximum atomic E-state index is 12.1. The van der Waals surface area contributed by atoms with Crippen molar-refractivity contribution in [2.45, 2.75) is 20.0 Å². The van der Waals surface area contributed by atoms with Gasteiger partial charge in [-0.15, -0.1) is 0 Å². The summed E-state index contributed by atoms with van der Waals surface area (Å²) in [5.41, 5.74) is 1.66. The van der Waals surface area contributed by atoms with E-state index in [0.29, 0.717) is 22.8 Å². The monoisotopic (exact) mass is 368 g/mol. The number of hydrogen-bond acceptors (Lipinski definition) is 6. The molecule has 0 fully saturated rings. The number of para-hydroxylation sites is 2. The van der Waals surface area contributed by atoms with E-state index in [4.69, 9.17) is 14.2 Å². The first-order chi connectivity index (χ1) is 13.1. The third-order valence-electron chi connectivity index (χ3n) is 3.87. The number of methoxy groups -OCH3 is 1. The van der Waals surface area contributed by atoms with Gasteiger partial charge in [0, 0.05) is 12.3 Å². The van der Waals surface area contributed by atoms with Gasteiger partial charge < -0.3 is 14.2 Å². The summed E-state index contributed by atoms with van der Waals surface area (Å²) in [5, 5.41) is 0. The Morgan fingerprint density at radius 3 is 2.70 bits per heavy atom. The Morgan fingerprint density at radius 1 is 1.15 bits per heavy atom. The van der Waals surface area contributed by atoms with E-state index in [9.17, 15) is 9.59 Å². The predicted molar refractivity (Wildman–Crippen MR) is 99.1 cm³/mol. The van der Waals surface area contributed by atoms with Crippen LogP contribution in [0.25, 0.3) is 5.65 Å². The van der Waals surface area contributed by atoms with Crippen LogP contribution in [0, 0.1) is 6.92 Å². The van der Waals surface area contributed by atoms with Crippen molar-refractivity contribution in [2.75, 3.05) is 13.7 Å². The van der Waals surface area contributed by atoms with Crippen molar-refractivity contribution in [3.63, 3.8) is 0 Å². The van der Waals surface area contributed by atoms with Gasteiger partial charge in [0.15, 0.2) is 11.5 Å². The molecular formula is C20H20N2O5. The van der Waals surface area contributed by atoms with E-state index in [1.807, 2.05) is 25.1 Å². The van der Waals surface area contributed by atoms with Gasteiger partial charge in [-0.25, -0.2) is 4.98 Å². The van der Waals surface area contributed by atoms with Crippen LogP contribution in [0.15, 0.2) is 53.5 Å². The first kappa shape index (κ1) is 18.4. The molecule has 1 aromatic carbocycles. The molecule has 0 radical (unpaired) electrons. The van der Waals surface area contributed by atoms with Crippen LogP contribution in [0.1, 0.15) is 17.7 Å². The molecular weight excluding hydrogens is 348 g/mol. The van der Waals surface area contributed by atoms with E-state index in [1.54, 1.807) is 31.5 Å². The summed E-state index contributed by atoms with van der Waals surface area (Å²) in [6, 6.07) is 12.2. The van der Waals surface area contributed by atoms with Crippen molar-refractivity contribution in [1.29, 1.82) is 0 Å². The van der Waals surface area contributed by atoms with E-state index in [0.717, 1.165) is 5.56 Å². The number of carbonyl (C=O) groups excluding carboxylic acids is 1. The van der Waals surface area contributed by atoms with Crippen LogP contribution in [0.3, 0.4) is 0 Å². The maximum absolute atomic E-state index is 12.1. The maximum Gasteiger partial charge on any atom is 0.309 e. The van der Waals surface area contributed by atoms with E-state index < -0.39 is 5.97 Å². The van der Waals surface area contributed by atoms with Crippen LogP contribution in [-0.2, 0) is 16.1 Å². The zero-order valence-electron chi connectivity index (χ0n) is 15.2. The topological polar surface area (TPSA) is 79.1 Å². The highest BCUT2D eigenvalue weighted by atomic mass is 16.5. The SMILES string of the molecule is COc1ccccc1OCCC(=O)OCc1cc(=O)n2cc(C)ccc2n1. The zero-order chi connectivity index (χ0) is 19.2. The fourth-order valence-electron chi connectivity index (χ4n) is 2.54. The molecule has 7 nitrogen and oxygen atoms in total. The second-order valence-corrected chi connectivity index (χ2v) is 5.93. The lowest BCUT2D eigenvalue weighted by Crippen LogP contribution is -2.17. The van der Waals surface area contributed by atoms with Crippen molar-refractivity contribution in [1.82, 2.24) is 9.38 Å². The Kier molecular flexibility index (Phi) is 5.71. The summed E-state index contributed by atoms with van der Waals surface area (Å²) >= 11 is 0. The summed E-state index contributed by atoms with van der Waals surface area (Å²) in [4.78, 5) is 28.4. The summed E-state index contributed by atoms with van der Waals surface area (Å²) in [6.07, 6.45) is 1.79. The summed E-state index contributed by atoms with van der Waals surface area (Å²) in [6.45, 7) is 1.99. The Hall–Kier alpha value is -3.35. The molecule has 0 N–H and O–H groups in total. The molecule has 140 valence electrons. The second-order valence-electron chi connectivity index (χ2n) is 5.93. The van der Waals surface area contributed by atoms with Crippen LogP contribution in [0.4, 0.5) is 0 Å². The molecule has 3 rings (SSSR count). The molecule has 2 heterocycles. The van der Waals surface area contributed by atoms with Crippen molar-refractivity contribution >= 4 is 11.6 Å². The Labute approximate surface area is 156 Å². The number of nitrogens with zero attached hydrogens (tertiary/aromatic N) is 2. The van der Waals surface area contributed by atoms with E-state index in [-0.39, 0.29) is 25.2 Å². The predicted octanol–water partition coefficient (Wildman–Crippen LogP) is 2.52. The number of ether oxygens (including phenoxy) is 3. The number of carbonyl (C=O) groups is 1. The normalized spacial score (nSPS) is 10.6. The lowest BCUT2D eigenvalue weighted by molar-refractivity contribution is -0.145. The van der Waals surface area contributed by atoms with E-state index in [1.165, 1.54) is 10.5 Å². The number of esters is 1. The highest BCUT2D eigenvalue weighted by Gasteiger charge is 2.09. The van der Waals surface area contributed by atoms with Crippen LogP contribution in [0.5, 0.6) is 11.5 Å². The largest absolute Gasteiger partial charge is 0.493 e. The minimum absolute atomic E-state index is 0.0624. The Morgan fingerprint density at radius 2 is 1.93 bits per heavy atom. The van der Waals surface area contributed by atoms with Gasteiger partial charge in [-0.05, 0) is 30.7 Å². The van der Waals surface area contributed by atoms with Crippen LogP contribution >= 0.6 is 0 Å². The molecule has 0 aliphatic carbocycles. The fraction of sp³-hybridized carbons (Fsp3) is 0.250. The van der Waals surface area contributed by atoms with Gasteiger partial charge in [-0.3, -0.25) is 14.0 Å². The first-order valence-electron chi connectivity index (χ1n) is 8.47. The second kappa shape index (κ2) is 8.35. The molecule has 0 bridgehead atoms. The van der Waals surface area contributed by atoms with E-state index >= 15 is 0 Å². The third-order valence-corrected chi connectivity index (χ3v) is 3.87. The van der Waals surface area contributed by atoms with Crippen LogP contribution in [0.2, 0.25) is 0 Å². The van der Waals surface area contributed by atoms with Gasteiger partial charge in [0.1, 0.15) is 12.3 Å². The molecule has 2 aromatic heterocycles. The molecule has 0 saturated carbocycles. The van der Waals surface area contributed by atoms with Crippen molar-refractivity contribution in [2.24, 2.45) is 0 Å². The average Bonchev–Trinajstić information content (AvgIpc) is 2.67. The molecule has 0 spiro atoms. The van der Waals surface area contributed by atoms with Crippen molar-refractivity contribution < 1.29 is 19.0 Å². The molecule has 3 aromatic rings. The smallest absolute Gasteiger partial charge is 0.309 e. The summed E-state index contributed by atoms with van der Waals surface area (Å²) in [7, 11) is 1.55. The quantitative estimate of drug-likeness (QED) is 0.596. The minimum atomic E-state index is -0.434. The van der Waals surface area contributed by atoms with Gasteiger partial charge in [0.25, 0.3) is 5.56 Å². The van der Waals surface area contributed by atoms with Crippen molar-refractivity contribution in [3.05, 3.63) is 70.3 Å². The van der Waals surface area contributed by atoms with Gasteiger partial charge in [-0.2, -0.15) is 0 Å². The molecule has 0 atom stereocenters. The number of aryl methyl sites for hydroxylation is 1. The molecule has 0 aliphatic rings. The molecule has 0 aliphatic heterocycles. The first-order valence-corrected chi connectivity index (χ1v) is 8.47. The number of benzene rings is 1. The minimum Gasteiger partial charge on any atom is -0.493 e. The third kappa shape index (κ3) is 4.63. The molecule has 27 heavy (non-hydrogen) atoms. The average molecular weight is 368 g/mol. The molecule has 7 heteroatoms. The highest BCUT2D eigenvalue weighted by Crippen LogP contribution is 2.25. The summed E-state index contributed by atoms with van der Waals surface area (Å²) in [5.74, 6) is 0.727. The number of rotatable bonds is 7. The molecule has 0 unspecified atom stereocenters. The summed E-state index contributed by atoms with van der Waals surface area (Å²) < 4.78 is 17.4. The Bertz CT molecular complexity index is 1010. The fourth-order valence-corrected chi connectivity index (χ4v) is 2.54. The standard InChI is InChI=1S/C20H20N2O5/c1-14-7-8-18-21-15(11-19(23)22(18)12-14)13-27-20(24)9-10-26-17-6-4-3-5-16(17)25-2/h3-8,11-12H,9-10,13H2,1-2H3. The zero-order valence-corrected chi connectivity index (χ0v) is 15.2. The number of fused-ring (bicyclic) bond motifs is 1. The van der Waals surface area contributed by atoms with Gasteiger partial charge >= 0.3 is 5.97 Å². The van der Waals surface area contributed by atoms with Gasteiger partial charge in [0.2, 0.25) is 0 Å². The van der Waals surface area contributed by atoms with Gasteiger partial charge in [-0.1, -0.05) is 18.2 Å². The Balaban J connectivity index is 1.54.